The van der Waals surface area contributed by atoms with Gasteiger partial charge in [0.2, 0.25) is 22.7 Å². The summed E-state index contributed by atoms with van der Waals surface area (Å²) in [6, 6.07) is 10.2. The number of hydrogen-bond donors (Lipinski definition) is 7. The van der Waals surface area contributed by atoms with Gasteiger partial charge in [0.25, 0.3) is 5.91 Å². The number of carbonyl (C=O) groups is 5. The number of nitrogens with zero attached hydrogens (tertiary/aromatic N) is 5. The highest BCUT2D eigenvalue weighted by Crippen LogP contribution is 2.41. The molecule has 0 spiro atoms. The molecule has 262 valence electrons. The van der Waals surface area contributed by atoms with Crippen molar-refractivity contribution in [3.63, 3.8) is 0 Å². The van der Waals surface area contributed by atoms with Crippen LogP contribution < -0.4 is 17.1 Å². The van der Waals surface area contributed by atoms with Gasteiger partial charge >= 0.3 is 17.6 Å². The first-order chi connectivity index (χ1) is 23.7. The zero-order valence-corrected chi connectivity index (χ0v) is 27.1. The Morgan fingerprint density at radius 1 is 1.02 bits per heavy atom. The molecule has 1 fully saturated rings. The maximum atomic E-state index is 11.6. The molecular formula is C29H27N7O12S2. The summed E-state index contributed by atoms with van der Waals surface area (Å²) in [5, 5.41) is 56.8. The fourth-order valence-corrected chi connectivity index (χ4v) is 6.69. The van der Waals surface area contributed by atoms with Crippen LogP contribution in [0.25, 0.3) is 11.0 Å². The van der Waals surface area contributed by atoms with Gasteiger partial charge in [-0.3, -0.25) is 24.1 Å². The summed E-state index contributed by atoms with van der Waals surface area (Å²) in [6.07, 6.45) is 0.582. The predicted molar refractivity (Wildman–Crippen MR) is 174 cm³/mol. The molecule has 6 rings (SSSR count). The third-order valence-electron chi connectivity index (χ3n) is 6.73. The second kappa shape index (κ2) is 15.9. The number of tetrazole rings is 1. The first-order valence-corrected chi connectivity index (χ1v) is 16.0. The van der Waals surface area contributed by atoms with Crippen molar-refractivity contribution in [1.82, 2.24) is 25.1 Å². The van der Waals surface area contributed by atoms with Crippen molar-refractivity contribution in [3.05, 3.63) is 75.3 Å². The van der Waals surface area contributed by atoms with Gasteiger partial charge in [-0.15, -0.1) is 16.9 Å². The van der Waals surface area contributed by atoms with Crippen molar-refractivity contribution in [3.8, 4) is 17.2 Å². The lowest BCUT2D eigenvalue weighted by Gasteiger charge is -2.43. The number of aromatic nitrogens is 4. The molecule has 0 unspecified atom stereocenters. The molecule has 0 bridgehead atoms. The van der Waals surface area contributed by atoms with E-state index in [0.717, 1.165) is 22.0 Å². The Hall–Kier alpha value is -6.09. The van der Waals surface area contributed by atoms with E-state index in [4.69, 9.17) is 26.1 Å². The smallest absolute Gasteiger partial charge is 0.352 e. The molecule has 9 N–H and O–H groups in total. The van der Waals surface area contributed by atoms with Gasteiger partial charge in [0.05, 0.1) is 18.2 Å². The quantitative estimate of drug-likeness (QED) is 0.0524. The maximum Gasteiger partial charge on any atom is 0.352 e. The van der Waals surface area contributed by atoms with Crippen LogP contribution >= 0.6 is 23.5 Å². The van der Waals surface area contributed by atoms with Gasteiger partial charge in [0.1, 0.15) is 23.6 Å². The average molecular weight is 730 g/mol. The molecule has 21 heteroatoms. The molecule has 0 saturated carbocycles. The molecule has 0 aliphatic carbocycles. The van der Waals surface area contributed by atoms with Crippen LogP contribution in [0, 0.1) is 0 Å². The van der Waals surface area contributed by atoms with Crippen LogP contribution in [-0.4, -0.2) is 97.2 Å². The van der Waals surface area contributed by atoms with Crippen molar-refractivity contribution < 1.29 is 53.9 Å². The molecule has 4 aromatic rings. The zero-order chi connectivity index (χ0) is 36.7. The lowest BCUT2D eigenvalue weighted by Crippen LogP contribution is -2.54. The van der Waals surface area contributed by atoms with E-state index in [9.17, 15) is 44.1 Å². The second-order valence-corrected chi connectivity index (χ2v) is 12.4. The van der Waals surface area contributed by atoms with Crippen LogP contribution in [0.15, 0.2) is 68.1 Å². The fraction of sp³-hybridized carbons (Fsp3) is 0.207. The molecule has 2 aliphatic heterocycles. The number of fused-ring (bicyclic) bond motifs is 2. The van der Waals surface area contributed by atoms with E-state index in [2.05, 4.69) is 15.5 Å². The Morgan fingerprint density at radius 3 is 2.32 bits per heavy atom. The van der Waals surface area contributed by atoms with Gasteiger partial charge in [0, 0.05) is 16.9 Å². The van der Waals surface area contributed by atoms with Crippen LogP contribution in [0.4, 0.5) is 0 Å². The number of carboxylic acids is 2. The number of carbonyl (C=O) groups excluding carboxylic acids is 3. The van der Waals surface area contributed by atoms with Crippen molar-refractivity contribution in [1.29, 1.82) is 0 Å². The van der Waals surface area contributed by atoms with Gasteiger partial charge in [-0.1, -0.05) is 23.9 Å². The molecule has 4 heterocycles. The SMILES string of the molecule is NC(=O)Cc1ccc(O)cc1.NC(=O)c1cc2ccc(O)c(O)c2oc1=O.O=C(O)Cn1nnnc1SCC1=C(C(=O)O)N2C(=O)C[C@@H]2SC1. The summed E-state index contributed by atoms with van der Waals surface area (Å²) in [5.41, 5.74) is 9.91. The number of benzene rings is 2. The molecule has 19 nitrogen and oxygen atoms in total. The minimum absolute atomic E-state index is 0.0229. The predicted octanol–water partition coefficient (Wildman–Crippen LogP) is 0.217. The summed E-state index contributed by atoms with van der Waals surface area (Å²) in [5.74, 6) is -3.69. The van der Waals surface area contributed by atoms with Gasteiger partial charge in [-0.05, 0) is 51.9 Å². The minimum Gasteiger partial charge on any atom is -0.508 e. The molecule has 1 saturated heterocycles. The first kappa shape index (κ1) is 36.7. The number of phenolic OH excluding ortho intramolecular Hbond substituents is 3. The van der Waals surface area contributed by atoms with E-state index in [1.807, 2.05) is 0 Å². The van der Waals surface area contributed by atoms with E-state index in [1.54, 1.807) is 12.1 Å². The number of phenols is 3. The molecule has 2 aromatic carbocycles. The van der Waals surface area contributed by atoms with Crippen LogP contribution in [0.2, 0.25) is 0 Å². The standard InChI is InChI=1S/C11H11N5O5S2.C10H7NO5.C8H9NO2/c17-6-1-7-16(6)9(10(20)21)5(3-22-7)4-23-11-12-13-14-15(11)2-8(18)19;11-9(14)5-3-4-1-2-6(12)7(13)8(4)16-10(5)15;9-8(11)5-6-1-3-7(10)4-2-6/h7H,1-4H2,(H,18,19)(H,20,21);1-3,12-13H,(H2,11,14);1-4,10H,5H2,(H2,9,11)/t7-;;/m0../s1. The lowest BCUT2D eigenvalue weighted by molar-refractivity contribution is -0.146. The lowest BCUT2D eigenvalue weighted by atomic mass is 10.1. The molecule has 3 amide bonds. The number of aliphatic carboxylic acids is 2. The number of rotatable bonds is 9. The van der Waals surface area contributed by atoms with Crippen LogP contribution in [0.3, 0.4) is 0 Å². The van der Waals surface area contributed by atoms with Crippen molar-refractivity contribution in [2.24, 2.45) is 11.5 Å². The summed E-state index contributed by atoms with van der Waals surface area (Å²) >= 11 is 2.66. The highest BCUT2D eigenvalue weighted by Gasteiger charge is 2.45. The van der Waals surface area contributed by atoms with Gasteiger partial charge in [0.15, 0.2) is 11.3 Å². The number of amides is 3. The van der Waals surface area contributed by atoms with Crippen molar-refractivity contribution in [2.75, 3.05) is 11.5 Å². The zero-order valence-electron chi connectivity index (χ0n) is 25.5. The Labute approximate surface area is 288 Å². The molecule has 50 heavy (non-hydrogen) atoms. The summed E-state index contributed by atoms with van der Waals surface area (Å²) in [4.78, 5) is 67.7. The second-order valence-electron chi connectivity index (χ2n) is 10.3. The average Bonchev–Trinajstić information content (AvgIpc) is 3.48. The normalized spacial score (nSPS) is 14.8. The summed E-state index contributed by atoms with van der Waals surface area (Å²) < 4.78 is 5.83. The summed E-state index contributed by atoms with van der Waals surface area (Å²) in [7, 11) is 0. The summed E-state index contributed by atoms with van der Waals surface area (Å²) in [6.45, 7) is -0.373. The van der Waals surface area contributed by atoms with Crippen molar-refractivity contribution in [2.45, 2.75) is 29.9 Å². The van der Waals surface area contributed by atoms with E-state index in [0.29, 0.717) is 23.1 Å². The maximum absolute atomic E-state index is 11.6. The monoisotopic (exact) mass is 729 g/mol. The third kappa shape index (κ3) is 8.87. The number of thioether (sulfide) groups is 2. The molecule has 2 aromatic heterocycles. The number of carboxylic acid groups (broad SMARTS) is 2. The van der Waals surface area contributed by atoms with Crippen LogP contribution in [0.5, 0.6) is 17.2 Å². The molecule has 1 atom stereocenters. The van der Waals surface area contributed by atoms with E-state index in [1.165, 1.54) is 47.0 Å². The van der Waals surface area contributed by atoms with Crippen molar-refractivity contribution >= 4 is 64.2 Å². The number of hydrogen-bond acceptors (Lipinski definition) is 15. The van der Waals surface area contributed by atoms with E-state index in [-0.39, 0.29) is 63.7 Å². The van der Waals surface area contributed by atoms with Gasteiger partial charge < -0.3 is 41.4 Å². The number of β-lactam (4-membered cyclic amide) rings is 1. The largest absolute Gasteiger partial charge is 0.508 e. The Bertz CT molecular complexity index is 2060. The topological polar surface area (TPSA) is 316 Å². The first-order valence-electron chi connectivity index (χ1n) is 14.0. The third-order valence-corrected chi connectivity index (χ3v) is 9.05. The molecular weight excluding hydrogens is 702 g/mol. The molecule has 0 radical (unpaired) electrons. The number of primary amides is 2. The Morgan fingerprint density at radius 2 is 1.72 bits per heavy atom. The van der Waals surface area contributed by atoms with E-state index < -0.39 is 35.0 Å². The van der Waals surface area contributed by atoms with Crippen LogP contribution in [0.1, 0.15) is 22.3 Å². The van der Waals surface area contributed by atoms with Gasteiger partial charge in [-0.25, -0.2) is 14.3 Å². The Balaban J connectivity index is 0.000000181. The van der Waals surface area contributed by atoms with Gasteiger partial charge in [-0.2, -0.15) is 0 Å². The Kier molecular flexibility index (Phi) is 11.7. The number of aromatic hydroxyl groups is 3. The highest BCUT2D eigenvalue weighted by atomic mass is 32.2. The molecule has 2 aliphatic rings. The highest BCUT2D eigenvalue weighted by molar-refractivity contribution is 8.00. The fourth-order valence-electron chi connectivity index (χ4n) is 4.41. The van der Waals surface area contributed by atoms with Crippen LogP contribution in [-0.2, 0) is 32.1 Å². The van der Waals surface area contributed by atoms with E-state index >= 15 is 0 Å². The number of nitrogens with two attached hydrogens (primary N) is 2. The minimum atomic E-state index is -1.14.